The van der Waals surface area contributed by atoms with E-state index in [1.807, 2.05) is 83.1 Å². The second kappa shape index (κ2) is 10.0. The van der Waals surface area contributed by atoms with Crippen LogP contribution in [0.4, 0.5) is 0 Å². The molecule has 0 saturated heterocycles. The molecule has 0 saturated carbocycles. The van der Waals surface area contributed by atoms with Gasteiger partial charge in [-0.3, -0.25) is 9.98 Å². The van der Waals surface area contributed by atoms with Crippen LogP contribution < -0.4 is 10.2 Å². The van der Waals surface area contributed by atoms with Gasteiger partial charge in [0, 0.05) is 0 Å². The molecule has 5 heteroatoms. The van der Waals surface area contributed by atoms with Crippen LogP contribution in [0, 0.1) is 10.8 Å². The summed E-state index contributed by atoms with van der Waals surface area (Å²) in [6.07, 6.45) is 3.10. The smallest absolute Gasteiger partial charge is 0.845 e. The zero-order valence-electron chi connectivity index (χ0n) is 20.3. The first-order valence-electron chi connectivity index (χ1n) is 9.45. The molecule has 160 valence electrons. The summed E-state index contributed by atoms with van der Waals surface area (Å²) in [6.45, 7) is 26.9. The van der Waals surface area contributed by atoms with Crippen molar-refractivity contribution in [2.75, 3.05) is 0 Å². The third kappa shape index (κ3) is 14.4. The summed E-state index contributed by atoms with van der Waals surface area (Å²) in [5.74, 6) is 0. The predicted molar refractivity (Wildman–Crippen MR) is 112 cm³/mol. The van der Waals surface area contributed by atoms with Crippen molar-refractivity contribution in [3.05, 3.63) is 0 Å². The van der Waals surface area contributed by atoms with E-state index < -0.39 is 11.2 Å². The van der Waals surface area contributed by atoms with Crippen molar-refractivity contribution < 1.29 is 27.6 Å². The monoisotopic (exact) mass is 420 g/mol. The van der Waals surface area contributed by atoms with Gasteiger partial charge < -0.3 is 10.2 Å². The van der Waals surface area contributed by atoms with E-state index >= 15 is 0 Å². The van der Waals surface area contributed by atoms with Gasteiger partial charge in [0.2, 0.25) is 0 Å². The summed E-state index contributed by atoms with van der Waals surface area (Å²) in [4.78, 5) is 8.51. The van der Waals surface area contributed by atoms with E-state index in [1.165, 1.54) is 0 Å². The minimum atomic E-state index is -1.10. The second-order valence-electron chi connectivity index (χ2n) is 11.6. The van der Waals surface area contributed by atoms with Crippen molar-refractivity contribution in [1.82, 2.24) is 0 Å². The van der Waals surface area contributed by atoms with Gasteiger partial charge >= 0.3 is 17.4 Å². The fourth-order valence-corrected chi connectivity index (χ4v) is 1.02. The van der Waals surface area contributed by atoms with Crippen LogP contribution in [0.3, 0.4) is 0 Å². The van der Waals surface area contributed by atoms with Gasteiger partial charge in [-0.25, -0.2) is 0 Å². The quantitative estimate of drug-likeness (QED) is 0.633. The van der Waals surface area contributed by atoms with E-state index in [-0.39, 0.29) is 39.3 Å². The van der Waals surface area contributed by atoms with Crippen molar-refractivity contribution >= 4 is 12.4 Å². The maximum absolute atomic E-state index is 12.0. The van der Waals surface area contributed by atoms with Crippen LogP contribution in [0.15, 0.2) is 9.98 Å². The Balaban J connectivity index is -0.000000411. The average molecular weight is 421 g/mol. The molecule has 0 bridgehead atoms. The Morgan fingerprint density at radius 3 is 0.778 bits per heavy atom. The summed E-state index contributed by atoms with van der Waals surface area (Å²) < 4.78 is 0. The van der Waals surface area contributed by atoms with Crippen LogP contribution in [0.1, 0.15) is 96.9 Å². The third-order valence-corrected chi connectivity index (χ3v) is 4.37. The molecule has 4 nitrogen and oxygen atoms in total. The molecule has 0 aromatic carbocycles. The molecular weight excluding hydrogens is 376 g/mol. The fourth-order valence-electron chi connectivity index (χ4n) is 1.02. The molecule has 0 N–H and O–H groups in total. The van der Waals surface area contributed by atoms with E-state index in [0.29, 0.717) is 0 Å². The van der Waals surface area contributed by atoms with Crippen molar-refractivity contribution in [2.45, 2.75) is 119 Å². The Hall–Kier alpha value is -0.208. The molecule has 2 unspecified atom stereocenters. The van der Waals surface area contributed by atoms with Crippen molar-refractivity contribution in [2.24, 2.45) is 20.8 Å². The Morgan fingerprint density at radius 1 is 0.481 bits per heavy atom. The minimum absolute atomic E-state index is 0. The van der Waals surface area contributed by atoms with Crippen molar-refractivity contribution in [1.29, 1.82) is 0 Å². The summed E-state index contributed by atoms with van der Waals surface area (Å²) in [5, 5.41) is 24.0. The van der Waals surface area contributed by atoms with Gasteiger partial charge in [-0.2, -0.15) is 0 Å². The van der Waals surface area contributed by atoms with E-state index in [0.717, 1.165) is 0 Å². The molecule has 0 radical (unpaired) electrons. The fraction of sp³-hybridized carbons (Fsp3) is 0.909. The molecule has 0 rings (SSSR count). The first-order valence-corrected chi connectivity index (χ1v) is 9.45. The van der Waals surface area contributed by atoms with E-state index in [1.54, 1.807) is 26.3 Å². The molecule has 0 aromatic heterocycles. The standard InChI is InChI=1S/2C11H22NO.Cr/c2*1-9(2,3)11(7,13)8-12-10(4,5)6;/h2*8H,1-7H3;/q2*-1;+2. The molecular formula is C22H44CrN2O2. The molecule has 0 aliphatic heterocycles. The van der Waals surface area contributed by atoms with Crippen molar-refractivity contribution in [3.8, 4) is 0 Å². The van der Waals surface area contributed by atoms with Gasteiger partial charge in [-0.1, -0.05) is 66.6 Å². The first-order chi connectivity index (χ1) is 10.9. The van der Waals surface area contributed by atoms with Crippen molar-refractivity contribution in [3.63, 3.8) is 0 Å². The molecule has 0 aromatic rings. The molecule has 0 spiro atoms. The van der Waals surface area contributed by atoms with E-state index in [2.05, 4.69) is 9.98 Å². The summed E-state index contributed by atoms with van der Waals surface area (Å²) in [6, 6.07) is 0. The maximum atomic E-state index is 12.0. The SMILES string of the molecule is CC(C)(C)N=CC(C)([O-])C(C)(C)C.CC(C)(C)N=CC(C)([O-])C(C)(C)C.[Cr+2]. The van der Waals surface area contributed by atoms with Gasteiger partial charge in [-0.15, -0.1) is 0 Å². The zero-order chi connectivity index (χ0) is 21.8. The number of hydrogen-bond acceptors (Lipinski definition) is 4. The van der Waals surface area contributed by atoms with E-state index in [9.17, 15) is 10.2 Å². The molecule has 0 amide bonds. The number of rotatable bonds is 2. The third-order valence-electron chi connectivity index (χ3n) is 4.37. The summed E-state index contributed by atoms with van der Waals surface area (Å²) in [5.41, 5.74) is -3.09. The maximum Gasteiger partial charge on any atom is 2.00 e. The largest absolute Gasteiger partial charge is 2.00 e. The minimum Gasteiger partial charge on any atom is -0.845 e. The Morgan fingerprint density at radius 2 is 0.667 bits per heavy atom. The molecule has 0 aliphatic rings. The van der Waals surface area contributed by atoms with E-state index in [4.69, 9.17) is 0 Å². The topological polar surface area (TPSA) is 70.8 Å². The predicted octanol–water partition coefficient (Wildman–Crippen LogP) is 4.04. The number of hydrogen-bond donors (Lipinski definition) is 0. The first kappa shape index (κ1) is 31.5. The zero-order valence-corrected chi connectivity index (χ0v) is 21.5. The molecule has 0 heterocycles. The Kier molecular flexibility index (Phi) is 11.7. The van der Waals surface area contributed by atoms with Gasteiger partial charge in [0.15, 0.2) is 0 Å². The average Bonchev–Trinajstić information content (AvgIpc) is 2.31. The Labute approximate surface area is 180 Å². The normalized spacial score (nSPS) is 18.4. The molecule has 0 fully saturated rings. The van der Waals surface area contributed by atoms with Gasteiger partial charge in [0.05, 0.1) is 11.1 Å². The summed E-state index contributed by atoms with van der Waals surface area (Å²) in [7, 11) is 0. The van der Waals surface area contributed by atoms with Crippen LogP contribution >= 0.6 is 0 Å². The van der Waals surface area contributed by atoms with Gasteiger partial charge in [0.1, 0.15) is 0 Å². The number of aliphatic imine (C=N–C) groups is 2. The molecule has 2 atom stereocenters. The van der Waals surface area contributed by atoms with Crippen LogP contribution in [0.2, 0.25) is 0 Å². The van der Waals surface area contributed by atoms with Crippen LogP contribution in [0.25, 0.3) is 0 Å². The van der Waals surface area contributed by atoms with Crippen LogP contribution in [0.5, 0.6) is 0 Å². The van der Waals surface area contributed by atoms with Crippen LogP contribution in [-0.2, 0) is 17.4 Å². The summed E-state index contributed by atoms with van der Waals surface area (Å²) >= 11 is 0. The Bertz CT molecular complexity index is 434. The molecule has 27 heavy (non-hydrogen) atoms. The van der Waals surface area contributed by atoms with Crippen LogP contribution in [-0.4, -0.2) is 34.7 Å². The number of nitrogens with zero attached hydrogens (tertiary/aromatic N) is 2. The molecule has 0 aliphatic carbocycles. The van der Waals surface area contributed by atoms with Gasteiger partial charge in [-0.05, 0) is 64.8 Å². The second-order valence-corrected chi connectivity index (χ2v) is 11.6. The van der Waals surface area contributed by atoms with Gasteiger partial charge in [0.25, 0.3) is 0 Å².